The van der Waals surface area contributed by atoms with Gasteiger partial charge in [-0.05, 0) is 30.2 Å². The first-order chi connectivity index (χ1) is 10.2. The van der Waals surface area contributed by atoms with E-state index in [2.05, 4.69) is 27.1 Å². The first-order valence-corrected chi connectivity index (χ1v) is 8.02. The zero-order chi connectivity index (χ0) is 14.7. The van der Waals surface area contributed by atoms with Crippen LogP contribution in [0.2, 0.25) is 0 Å². The minimum absolute atomic E-state index is 0.117. The van der Waals surface area contributed by atoms with Crippen molar-refractivity contribution in [3.63, 3.8) is 0 Å². The molecule has 0 radical (unpaired) electrons. The van der Waals surface area contributed by atoms with Crippen LogP contribution in [0.25, 0.3) is 0 Å². The Kier molecular flexibility index (Phi) is 4.15. The molecule has 1 amide bonds. The van der Waals surface area contributed by atoms with Gasteiger partial charge in [-0.3, -0.25) is 4.79 Å². The van der Waals surface area contributed by atoms with Crippen molar-refractivity contribution in [2.75, 3.05) is 23.3 Å². The van der Waals surface area contributed by atoms with E-state index in [0.717, 1.165) is 25.0 Å². The lowest BCUT2D eigenvalue weighted by molar-refractivity contribution is 0.103. The summed E-state index contributed by atoms with van der Waals surface area (Å²) in [6.45, 7) is 4.28. The fraction of sp³-hybridized carbons (Fsp3) is 0.400. The molecule has 110 valence electrons. The van der Waals surface area contributed by atoms with Crippen LogP contribution in [-0.4, -0.2) is 29.0 Å². The Hall–Kier alpha value is -1.95. The summed E-state index contributed by atoms with van der Waals surface area (Å²) in [4.78, 5) is 23.5. The van der Waals surface area contributed by atoms with E-state index in [-0.39, 0.29) is 5.91 Å². The molecule has 1 aliphatic rings. The third-order valence-electron chi connectivity index (χ3n) is 3.71. The molecule has 0 aromatic carbocycles. The van der Waals surface area contributed by atoms with Crippen LogP contribution in [0.4, 0.5) is 11.6 Å². The lowest BCUT2D eigenvalue weighted by Gasteiger charge is -2.30. The number of hydrogen-bond donors (Lipinski definition) is 1. The maximum atomic E-state index is 11.9. The number of hydrogen-bond acceptors (Lipinski definition) is 5. The van der Waals surface area contributed by atoms with Gasteiger partial charge in [0.15, 0.2) is 0 Å². The van der Waals surface area contributed by atoms with Gasteiger partial charge >= 0.3 is 0 Å². The lowest BCUT2D eigenvalue weighted by Crippen LogP contribution is -2.34. The second-order valence-corrected chi connectivity index (χ2v) is 6.32. The third kappa shape index (κ3) is 3.39. The average molecular weight is 302 g/mol. The molecule has 1 aliphatic heterocycles. The number of carbonyl (C=O) groups is 1. The van der Waals surface area contributed by atoms with Crippen molar-refractivity contribution in [1.29, 1.82) is 0 Å². The second-order valence-electron chi connectivity index (χ2n) is 5.37. The quantitative estimate of drug-likeness (QED) is 0.947. The maximum Gasteiger partial charge on any atom is 0.265 e. The molecule has 0 atom stereocenters. The van der Waals surface area contributed by atoms with Gasteiger partial charge in [0.25, 0.3) is 5.91 Å². The molecule has 1 N–H and O–H groups in total. The van der Waals surface area contributed by atoms with E-state index in [1.54, 1.807) is 18.5 Å². The Morgan fingerprint density at radius 3 is 2.67 bits per heavy atom. The standard InChI is InChI=1S/C15H18N4OS/c1-11-4-6-19(7-5-11)15-16-9-12(10-17-15)18-14(20)13-3-2-8-21-13/h2-3,8-11H,4-7H2,1H3,(H,18,20). The summed E-state index contributed by atoms with van der Waals surface area (Å²) in [6, 6.07) is 3.65. The van der Waals surface area contributed by atoms with Gasteiger partial charge < -0.3 is 10.2 Å². The minimum Gasteiger partial charge on any atom is -0.341 e. The van der Waals surface area contributed by atoms with Gasteiger partial charge in [0.1, 0.15) is 0 Å². The molecule has 0 aliphatic carbocycles. The Labute approximate surface area is 128 Å². The highest BCUT2D eigenvalue weighted by molar-refractivity contribution is 7.12. The van der Waals surface area contributed by atoms with Gasteiger partial charge in [0.2, 0.25) is 5.95 Å². The van der Waals surface area contributed by atoms with Crippen LogP contribution < -0.4 is 10.2 Å². The summed E-state index contributed by atoms with van der Waals surface area (Å²) in [5.41, 5.74) is 0.627. The van der Waals surface area contributed by atoms with Crippen molar-refractivity contribution < 1.29 is 4.79 Å². The van der Waals surface area contributed by atoms with Gasteiger partial charge in [-0.1, -0.05) is 13.0 Å². The monoisotopic (exact) mass is 302 g/mol. The molecular weight excluding hydrogens is 284 g/mol. The van der Waals surface area contributed by atoms with Crippen LogP contribution in [0.5, 0.6) is 0 Å². The molecule has 2 aromatic rings. The van der Waals surface area contributed by atoms with Crippen molar-refractivity contribution in [3.8, 4) is 0 Å². The summed E-state index contributed by atoms with van der Waals surface area (Å²) in [6.07, 6.45) is 5.71. The Bertz CT molecular complexity index is 589. The summed E-state index contributed by atoms with van der Waals surface area (Å²) in [5.74, 6) is 1.41. The molecule has 0 unspecified atom stereocenters. The van der Waals surface area contributed by atoms with Crippen molar-refractivity contribution in [3.05, 3.63) is 34.8 Å². The molecule has 1 saturated heterocycles. The zero-order valence-corrected chi connectivity index (χ0v) is 12.8. The SMILES string of the molecule is CC1CCN(c2ncc(NC(=O)c3cccs3)cn2)CC1. The van der Waals surface area contributed by atoms with Gasteiger partial charge in [0.05, 0.1) is 23.0 Å². The normalized spacial score (nSPS) is 16.0. The predicted molar refractivity (Wildman–Crippen MR) is 84.9 cm³/mol. The van der Waals surface area contributed by atoms with Crippen molar-refractivity contribution >= 4 is 28.9 Å². The predicted octanol–water partition coefficient (Wildman–Crippen LogP) is 3.03. The van der Waals surface area contributed by atoms with Gasteiger partial charge in [0, 0.05) is 13.1 Å². The van der Waals surface area contributed by atoms with Crippen LogP contribution >= 0.6 is 11.3 Å². The lowest BCUT2D eigenvalue weighted by atomic mass is 10.00. The number of thiophene rings is 1. The van der Waals surface area contributed by atoms with E-state index in [1.165, 1.54) is 24.2 Å². The Balaban J connectivity index is 1.63. The number of nitrogens with one attached hydrogen (secondary N) is 1. The van der Waals surface area contributed by atoms with Crippen molar-refractivity contribution in [1.82, 2.24) is 9.97 Å². The van der Waals surface area contributed by atoms with E-state index in [0.29, 0.717) is 10.6 Å². The molecule has 3 rings (SSSR count). The van der Waals surface area contributed by atoms with Gasteiger partial charge in [-0.2, -0.15) is 0 Å². The maximum absolute atomic E-state index is 11.9. The molecule has 0 bridgehead atoms. The Morgan fingerprint density at radius 2 is 2.05 bits per heavy atom. The largest absolute Gasteiger partial charge is 0.341 e. The smallest absolute Gasteiger partial charge is 0.265 e. The highest BCUT2D eigenvalue weighted by Gasteiger charge is 2.17. The van der Waals surface area contributed by atoms with E-state index < -0.39 is 0 Å². The summed E-state index contributed by atoms with van der Waals surface area (Å²) in [5, 5.41) is 4.69. The van der Waals surface area contributed by atoms with E-state index in [9.17, 15) is 4.79 Å². The topological polar surface area (TPSA) is 58.1 Å². The molecule has 5 nitrogen and oxygen atoms in total. The molecule has 1 fully saturated rings. The fourth-order valence-corrected chi connectivity index (χ4v) is 2.98. The average Bonchev–Trinajstić information content (AvgIpc) is 3.03. The van der Waals surface area contributed by atoms with Crippen molar-refractivity contribution in [2.45, 2.75) is 19.8 Å². The number of carbonyl (C=O) groups excluding carboxylic acids is 1. The molecule has 2 aromatic heterocycles. The highest BCUT2D eigenvalue weighted by Crippen LogP contribution is 2.20. The number of anilines is 2. The summed E-state index contributed by atoms with van der Waals surface area (Å²) < 4.78 is 0. The number of piperidine rings is 1. The molecule has 0 spiro atoms. The van der Waals surface area contributed by atoms with Gasteiger partial charge in [-0.15, -0.1) is 11.3 Å². The molecular formula is C15H18N4OS. The van der Waals surface area contributed by atoms with E-state index in [4.69, 9.17) is 0 Å². The van der Waals surface area contributed by atoms with Crippen LogP contribution in [0.15, 0.2) is 29.9 Å². The third-order valence-corrected chi connectivity index (χ3v) is 4.58. The summed E-state index contributed by atoms with van der Waals surface area (Å²) in [7, 11) is 0. The Morgan fingerprint density at radius 1 is 1.33 bits per heavy atom. The first kappa shape index (κ1) is 14.0. The minimum atomic E-state index is -0.117. The first-order valence-electron chi connectivity index (χ1n) is 7.14. The van der Waals surface area contributed by atoms with Crippen LogP contribution in [-0.2, 0) is 0 Å². The van der Waals surface area contributed by atoms with Crippen molar-refractivity contribution in [2.24, 2.45) is 5.92 Å². The van der Waals surface area contributed by atoms with Crippen LogP contribution in [0.3, 0.4) is 0 Å². The van der Waals surface area contributed by atoms with Crippen LogP contribution in [0, 0.1) is 5.92 Å². The molecule has 6 heteroatoms. The number of nitrogens with zero attached hydrogens (tertiary/aromatic N) is 3. The molecule has 0 saturated carbocycles. The highest BCUT2D eigenvalue weighted by atomic mass is 32.1. The fourth-order valence-electron chi connectivity index (χ4n) is 2.36. The molecule has 3 heterocycles. The van der Waals surface area contributed by atoms with Gasteiger partial charge in [-0.25, -0.2) is 9.97 Å². The molecule has 21 heavy (non-hydrogen) atoms. The second kappa shape index (κ2) is 6.22. The number of aromatic nitrogens is 2. The zero-order valence-electron chi connectivity index (χ0n) is 12.0. The summed E-state index contributed by atoms with van der Waals surface area (Å²) >= 11 is 1.42. The van der Waals surface area contributed by atoms with Crippen LogP contribution in [0.1, 0.15) is 29.4 Å². The van der Waals surface area contributed by atoms with E-state index >= 15 is 0 Å². The number of rotatable bonds is 3. The number of amides is 1. The van der Waals surface area contributed by atoms with E-state index in [1.807, 2.05) is 11.4 Å².